The van der Waals surface area contributed by atoms with Crippen molar-refractivity contribution in [3.05, 3.63) is 41.5 Å². The van der Waals surface area contributed by atoms with Crippen molar-refractivity contribution in [3.8, 4) is 23.6 Å². The van der Waals surface area contributed by atoms with E-state index in [9.17, 15) is 10.1 Å². The Morgan fingerprint density at radius 2 is 1.68 bits per heavy atom. The van der Waals surface area contributed by atoms with Crippen LogP contribution in [0.15, 0.2) is 35.9 Å². The van der Waals surface area contributed by atoms with Gasteiger partial charge in [-0.15, -0.1) is 0 Å². The molecular weight excluding hydrogens is 324 g/mol. The number of hydrogen-bond acceptors (Lipinski definition) is 7. The van der Waals surface area contributed by atoms with E-state index >= 15 is 0 Å². The molecule has 0 aliphatic rings. The summed E-state index contributed by atoms with van der Waals surface area (Å²) in [5, 5.41) is 11.7. The lowest BCUT2D eigenvalue weighted by atomic mass is 10.1. The first-order chi connectivity index (χ1) is 12.1. The molecule has 0 saturated carbocycles. The van der Waals surface area contributed by atoms with Crippen molar-refractivity contribution in [1.29, 1.82) is 5.26 Å². The number of carbonyl (C=O) groups is 1. The number of methoxy groups -OCH3 is 3. The van der Waals surface area contributed by atoms with Crippen LogP contribution in [-0.2, 0) is 4.79 Å². The molecule has 0 saturated heterocycles. The Bertz CT molecular complexity index is 803. The summed E-state index contributed by atoms with van der Waals surface area (Å²) in [6.45, 7) is 0. The molecule has 0 aliphatic heterocycles. The molecule has 1 aromatic heterocycles. The average molecular weight is 340 g/mol. The monoisotopic (exact) mass is 340 g/mol. The zero-order chi connectivity index (χ0) is 18.2. The largest absolute Gasteiger partial charge is 0.497 e. The van der Waals surface area contributed by atoms with Crippen molar-refractivity contribution < 1.29 is 19.0 Å². The highest BCUT2D eigenvalue weighted by Crippen LogP contribution is 2.18. The number of nitrogens with one attached hydrogen (secondary N) is 1. The number of aromatic nitrogens is 2. The lowest BCUT2D eigenvalue weighted by Gasteiger charge is -2.07. The predicted octanol–water partition coefficient (Wildman–Crippen LogP) is 2.05. The summed E-state index contributed by atoms with van der Waals surface area (Å²) in [6.07, 6.45) is 1.45. The zero-order valence-corrected chi connectivity index (χ0v) is 13.9. The van der Waals surface area contributed by atoms with E-state index in [2.05, 4.69) is 15.3 Å². The number of benzene rings is 1. The van der Waals surface area contributed by atoms with Gasteiger partial charge in [-0.25, -0.2) is 0 Å². The maximum atomic E-state index is 12.3. The number of ether oxygens (including phenoxy) is 3. The van der Waals surface area contributed by atoms with E-state index in [4.69, 9.17) is 14.2 Å². The first kappa shape index (κ1) is 17.7. The highest BCUT2D eigenvalue weighted by molar-refractivity contribution is 6.09. The number of anilines is 1. The molecule has 1 aromatic carbocycles. The van der Waals surface area contributed by atoms with Gasteiger partial charge in [-0.3, -0.25) is 10.1 Å². The van der Waals surface area contributed by atoms with Crippen LogP contribution in [0.2, 0.25) is 0 Å². The van der Waals surface area contributed by atoms with E-state index in [0.717, 1.165) is 0 Å². The third-order valence-electron chi connectivity index (χ3n) is 3.11. The molecule has 0 radical (unpaired) electrons. The van der Waals surface area contributed by atoms with Gasteiger partial charge in [-0.05, 0) is 23.8 Å². The lowest BCUT2D eigenvalue weighted by molar-refractivity contribution is -0.112. The van der Waals surface area contributed by atoms with Crippen LogP contribution in [0.25, 0.3) is 6.08 Å². The Morgan fingerprint density at radius 1 is 1.08 bits per heavy atom. The summed E-state index contributed by atoms with van der Waals surface area (Å²) in [4.78, 5) is 20.3. The second-order valence-corrected chi connectivity index (χ2v) is 4.67. The number of nitrogens with zero attached hydrogens (tertiary/aromatic N) is 3. The number of nitriles is 1. The van der Waals surface area contributed by atoms with Crippen molar-refractivity contribution in [1.82, 2.24) is 9.97 Å². The summed E-state index contributed by atoms with van der Waals surface area (Å²) in [5.74, 6) is 0.447. The molecule has 2 aromatic rings. The van der Waals surface area contributed by atoms with Gasteiger partial charge in [0.25, 0.3) is 5.91 Å². The van der Waals surface area contributed by atoms with Crippen LogP contribution in [0.3, 0.4) is 0 Å². The van der Waals surface area contributed by atoms with Crippen LogP contribution in [0, 0.1) is 11.3 Å². The molecule has 0 unspecified atom stereocenters. The van der Waals surface area contributed by atoms with Gasteiger partial charge in [0.05, 0.1) is 27.4 Å². The van der Waals surface area contributed by atoms with Gasteiger partial charge in [0, 0.05) is 0 Å². The van der Waals surface area contributed by atoms with Gasteiger partial charge < -0.3 is 14.2 Å². The van der Waals surface area contributed by atoms with Gasteiger partial charge in [0.2, 0.25) is 17.7 Å². The maximum Gasteiger partial charge on any atom is 0.268 e. The fraction of sp³-hybridized carbons (Fsp3) is 0.176. The Hall–Kier alpha value is -3.60. The van der Waals surface area contributed by atoms with Gasteiger partial charge in [-0.2, -0.15) is 15.2 Å². The smallest absolute Gasteiger partial charge is 0.268 e. The van der Waals surface area contributed by atoms with Crippen LogP contribution < -0.4 is 19.5 Å². The zero-order valence-electron chi connectivity index (χ0n) is 13.9. The number of carbonyl (C=O) groups excluding carboxylic acids is 1. The van der Waals surface area contributed by atoms with Gasteiger partial charge in [0.1, 0.15) is 17.4 Å². The highest BCUT2D eigenvalue weighted by atomic mass is 16.5. The summed E-state index contributed by atoms with van der Waals surface area (Å²) < 4.78 is 15.1. The molecule has 1 N–H and O–H groups in total. The highest BCUT2D eigenvalue weighted by Gasteiger charge is 2.13. The standard InChI is InChI=1S/C17H16N4O4/c1-23-13-6-4-11(5-7-13)8-12(10-18)16(22)21-17-19-14(24-2)9-15(20-17)25-3/h4-9H,1-3H3,(H,19,20,21,22)/b12-8+. The molecule has 0 bridgehead atoms. The van der Waals surface area contributed by atoms with Crippen LogP contribution >= 0.6 is 0 Å². The Morgan fingerprint density at radius 3 is 2.16 bits per heavy atom. The van der Waals surface area contributed by atoms with Crippen LogP contribution in [0.4, 0.5) is 5.95 Å². The van der Waals surface area contributed by atoms with Crippen molar-refractivity contribution in [2.75, 3.05) is 26.6 Å². The topological polar surface area (TPSA) is 106 Å². The Labute approximate surface area is 144 Å². The normalized spacial score (nSPS) is 10.6. The molecule has 0 aliphatic carbocycles. The van der Waals surface area contributed by atoms with Crippen LogP contribution in [0.5, 0.6) is 17.5 Å². The van der Waals surface area contributed by atoms with Gasteiger partial charge in [-0.1, -0.05) is 12.1 Å². The third kappa shape index (κ3) is 4.68. The Balaban J connectivity index is 2.22. The summed E-state index contributed by atoms with van der Waals surface area (Å²) in [6, 6.07) is 10.2. The fourth-order valence-electron chi connectivity index (χ4n) is 1.85. The summed E-state index contributed by atoms with van der Waals surface area (Å²) >= 11 is 0. The molecule has 0 spiro atoms. The fourth-order valence-corrected chi connectivity index (χ4v) is 1.85. The average Bonchev–Trinajstić information content (AvgIpc) is 2.65. The van der Waals surface area contributed by atoms with Gasteiger partial charge >= 0.3 is 0 Å². The number of hydrogen-bond donors (Lipinski definition) is 1. The first-order valence-corrected chi connectivity index (χ1v) is 7.14. The van der Waals surface area contributed by atoms with Crippen LogP contribution in [0.1, 0.15) is 5.56 Å². The third-order valence-corrected chi connectivity index (χ3v) is 3.11. The SMILES string of the molecule is COc1ccc(/C=C(\C#N)C(=O)Nc2nc(OC)cc(OC)n2)cc1. The quantitative estimate of drug-likeness (QED) is 0.633. The van der Waals surface area contributed by atoms with Crippen molar-refractivity contribution >= 4 is 17.9 Å². The number of amides is 1. The number of rotatable bonds is 6. The minimum atomic E-state index is -0.645. The second kappa shape index (κ2) is 8.31. The lowest BCUT2D eigenvalue weighted by Crippen LogP contribution is -2.16. The van der Waals surface area contributed by atoms with E-state index in [0.29, 0.717) is 11.3 Å². The molecule has 1 amide bonds. The minimum Gasteiger partial charge on any atom is -0.497 e. The predicted molar refractivity (Wildman–Crippen MR) is 90.3 cm³/mol. The molecule has 1 heterocycles. The molecule has 2 rings (SSSR count). The van der Waals surface area contributed by atoms with E-state index < -0.39 is 5.91 Å². The molecule has 128 valence electrons. The van der Waals surface area contributed by atoms with Gasteiger partial charge in [0.15, 0.2) is 0 Å². The minimum absolute atomic E-state index is 0.0305. The summed E-state index contributed by atoms with van der Waals surface area (Å²) in [5.41, 5.74) is 0.576. The van der Waals surface area contributed by atoms with E-state index in [1.165, 1.54) is 26.4 Å². The maximum absolute atomic E-state index is 12.3. The molecule has 0 fully saturated rings. The van der Waals surface area contributed by atoms with Crippen molar-refractivity contribution in [3.63, 3.8) is 0 Å². The molecule has 0 atom stereocenters. The summed E-state index contributed by atoms with van der Waals surface area (Å²) in [7, 11) is 4.41. The Kier molecular flexibility index (Phi) is 5.90. The van der Waals surface area contributed by atoms with Crippen LogP contribution in [-0.4, -0.2) is 37.2 Å². The van der Waals surface area contributed by atoms with Crippen molar-refractivity contribution in [2.45, 2.75) is 0 Å². The second-order valence-electron chi connectivity index (χ2n) is 4.67. The molecular formula is C17H16N4O4. The van der Waals surface area contributed by atoms with E-state index in [1.54, 1.807) is 31.4 Å². The van der Waals surface area contributed by atoms with Crippen molar-refractivity contribution in [2.24, 2.45) is 0 Å². The first-order valence-electron chi connectivity index (χ1n) is 7.14. The molecule has 8 nitrogen and oxygen atoms in total. The molecule has 8 heteroatoms. The van der Waals surface area contributed by atoms with E-state index in [-0.39, 0.29) is 23.3 Å². The van der Waals surface area contributed by atoms with E-state index in [1.807, 2.05) is 6.07 Å². The molecule has 25 heavy (non-hydrogen) atoms.